The van der Waals surface area contributed by atoms with Gasteiger partial charge in [0.25, 0.3) is 5.91 Å². The van der Waals surface area contributed by atoms with Crippen molar-refractivity contribution in [3.63, 3.8) is 0 Å². The van der Waals surface area contributed by atoms with Gasteiger partial charge in [-0.25, -0.2) is 0 Å². The summed E-state index contributed by atoms with van der Waals surface area (Å²) in [4.78, 5) is 15.6. The summed E-state index contributed by atoms with van der Waals surface area (Å²) in [5, 5.41) is 7.33. The van der Waals surface area contributed by atoms with Gasteiger partial charge in [0.1, 0.15) is 0 Å². The fourth-order valence-corrected chi connectivity index (χ4v) is 4.50. The largest absolute Gasteiger partial charge is 0.330 e. The highest BCUT2D eigenvalue weighted by molar-refractivity contribution is 7.81. The van der Waals surface area contributed by atoms with E-state index in [1.165, 1.54) is 0 Å². The molecule has 4 nitrogen and oxygen atoms in total. The summed E-state index contributed by atoms with van der Waals surface area (Å²) in [6.45, 7) is 9.96. The number of carbonyl (C=O) groups is 1. The van der Waals surface area contributed by atoms with Gasteiger partial charge in [-0.15, -0.1) is 24.8 Å². The Morgan fingerprint density at radius 2 is 2.04 bits per heavy atom. The number of piperazine rings is 1. The quantitative estimate of drug-likeness (QED) is 0.541. The molecule has 1 fully saturated rings. The minimum Gasteiger partial charge on any atom is -0.330 e. The molecular weight excluding hydrogens is 413 g/mol. The third-order valence-electron chi connectivity index (χ3n) is 5.88. The Morgan fingerprint density at radius 1 is 1.36 bits per heavy atom. The molecule has 1 amide bonds. The molecule has 1 aliphatic rings. The summed E-state index contributed by atoms with van der Waals surface area (Å²) in [5.41, 5.74) is 2.76. The molecule has 0 aromatic heterocycles. The van der Waals surface area contributed by atoms with Crippen LogP contribution in [-0.4, -0.2) is 47.9 Å². The first-order valence-corrected chi connectivity index (χ1v) is 10.4. The lowest BCUT2D eigenvalue weighted by Crippen LogP contribution is -2.75. The van der Waals surface area contributed by atoms with E-state index in [0.717, 1.165) is 48.9 Å². The molecule has 0 aliphatic carbocycles. The molecule has 2 rings (SSSR count). The number of rotatable bonds is 7. The Morgan fingerprint density at radius 3 is 2.61 bits per heavy atom. The van der Waals surface area contributed by atoms with Gasteiger partial charge in [-0.1, -0.05) is 38.8 Å². The number of amides is 1. The smallest absolute Gasteiger partial charge is 0.254 e. The number of nitrogens with zero attached hydrogens (tertiary/aromatic N) is 1. The van der Waals surface area contributed by atoms with Crippen molar-refractivity contribution in [3.8, 4) is 0 Å². The molecule has 0 saturated carbocycles. The van der Waals surface area contributed by atoms with Crippen molar-refractivity contribution in [1.82, 2.24) is 15.5 Å². The number of nitrogens with one attached hydrogen (secondary N) is 2. The van der Waals surface area contributed by atoms with E-state index in [9.17, 15) is 4.79 Å². The highest BCUT2D eigenvalue weighted by Gasteiger charge is 2.47. The second-order valence-corrected chi connectivity index (χ2v) is 8.08. The monoisotopic (exact) mass is 449 g/mol. The van der Waals surface area contributed by atoms with E-state index in [2.05, 4.69) is 42.4 Å². The topological polar surface area (TPSA) is 44.4 Å². The molecule has 7 heteroatoms. The van der Waals surface area contributed by atoms with Crippen LogP contribution in [0.15, 0.2) is 18.2 Å². The van der Waals surface area contributed by atoms with Crippen LogP contribution in [0.2, 0.25) is 0 Å². The Labute approximate surface area is 188 Å². The molecule has 28 heavy (non-hydrogen) atoms. The number of carbonyl (C=O) groups excluding carboxylic acids is 1. The summed E-state index contributed by atoms with van der Waals surface area (Å²) >= 11 is 4.90. The molecule has 0 bridgehead atoms. The van der Waals surface area contributed by atoms with Gasteiger partial charge in [0.15, 0.2) is 0 Å². The van der Waals surface area contributed by atoms with Gasteiger partial charge in [0.05, 0.1) is 11.7 Å². The van der Waals surface area contributed by atoms with Gasteiger partial charge < -0.3 is 10.2 Å². The average molecular weight is 451 g/mol. The maximum Gasteiger partial charge on any atom is 0.254 e. The first-order valence-electron chi connectivity index (χ1n) is 9.91. The first-order chi connectivity index (χ1) is 12.4. The van der Waals surface area contributed by atoms with Crippen molar-refractivity contribution < 1.29 is 4.79 Å². The van der Waals surface area contributed by atoms with Crippen LogP contribution in [0.3, 0.4) is 0 Å². The summed E-state index contributed by atoms with van der Waals surface area (Å²) in [6.07, 6.45) is 4.14. The fraction of sp³-hybridized carbons (Fsp3) is 0.667. The van der Waals surface area contributed by atoms with Crippen molar-refractivity contribution in [2.75, 3.05) is 20.1 Å². The summed E-state index contributed by atoms with van der Waals surface area (Å²) in [7, 11) is 2.00. The maximum atomic E-state index is 13.5. The van der Waals surface area contributed by atoms with Crippen LogP contribution in [0.4, 0.5) is 0 Å². The molecule has 0 radical (unpaired) electrons. The Bertz CT molecular complexity index is 632. The van der Waals surface area contributed by atoms with Crippen molar-refractivity contribution in [2.45, 2.75) is 70.3 Å². The highest BCUT2D eigenvalue weighted by Crippen LogP contribution is 2.31. The number of aryl methyl sites for hydroxylation is 1. The summed E-state index contributed by atoms with van der Waals surface area (Å²) < 4.78 is 0. The van der Waals surface area contributed by atoms with Crippen LogP contribution in [0.25, 0.3) is 0 Å². The second kappa shape index (κ2) is 12.3. The van der Waals surface area contributed by atoms with Crippen molar-refractivity contribution in [1.29, 1.82) is 0 Å². The SMILES string of the molecule is CCCCC1(NC)NCCN(C(=O)c2cccc(C)c2C)C1C(S)CC.Cl.Cl. The number of hydrogen-bond acceptors (Lipinski definition) is 4. The fourth-order valence-electron chi connectivity index (χ4n) is 4.09. The van der Waals surface area contributed by atoms with Crippen LogP contribution in [0.1, 0.15) is 61.0 Å². The molecule has 1 aromatic rings. The molecule has 2 N–H and O–H groups in total. The minimum atomic E-state index is -0.288. The number of unbranched alkanes of at least 4 members (excludes halogenated alkanes) is 1. The molecule has 162 valence electrons. The number of benzene rings is 1. The molecule has 1 heterocycles. The molecule has 1 aliphatic heterocycles. The van der Waals surface area contributed by atoms with Gasteiger partial charge in [-0.3, -0.25) is 10.1 Å². The summed E-state index contributed by atoms with van der Waals surface area (Å²) in [6, 6.07) is 6.01. The lowest BCUT2D eigenvalue weighted by atomic mass is 9.86. The van der Waals surface area contributed by atoms with Gasteiger partial charge >= 0.3 is 0 Å². The Kier molecular flexibility index (Phi) is 12.1. The van der Waals surface area contributed by atoms with E-state index in [1.54, 1.807) is 0 Å². The van der Waals surface area contributed by atoms with Crippen LogP contribution in [0.5, 0.6) is 0 Å². The van der Waals surface area contributed by atoms with Crippen LogP contribution in [-0.2, 0) is 0 Å². The highest BCUT2D eigenvalue weighted by atomic mass is 35.5. The van der Waals surface area contributed by atoms with Gasteiger partial charge in [-0.2, -0.15) is 12.6 Å². The third-order valence-corrected chi connectivity index (χ3v) is 6.53. The maximum absolute atomic E-state index is 13.5. The van der Waals surface area contributed by atoms with Crippen molar-refractivity contribution in [2.24, 2.45) is 0 Å². The lowest BCUT2D eigenvalue weighted by molar-refractivity contribution is 0.0227. The zero-order valence-electron chi connectivity index (χ0n) is 17.7. The van der Waals surface area contributed by atoms with Crippen LogP contribution >= 0.6 is 37.4 Å². The Hall–Kier alpha value is -0.460. The standard InChI is InChI=1S/C21H35N3OS.2ClH/c1-6-8-12-21(22-5)19(18(26)7-2)24(14-13-23-21)20(25)17-11-9-10-15(3)16(17)4;;/h9-11,18-19,22-23,26H,6-8,12-14H2,1-5H3;2*1H. The Balaban J connectivity index is 0.00000364. The van der Waals surface area contributed by atoms with E-state index in [1.807, 2.05) is 26.1 Å². The minimum absolute atomic E-state index is 0. The van der Waals surface area contributed by atoms with E-state index >= 15 is 0 Å². The first kappa shape index (κ1) is 27.5. The van der Waals surface area contributed by atoms with E-state index < -0.39 is 0 Å². The van der Waals surface area contributed by atoms with Crippen molar-refractivity contribution in [3.05, 3.63) is 34.9 Å². The predicted molar refractivity (Wildman–Crippen MR) is 128 cm³/mol. The van der Waals surface area contributed by atoms with E-state index in [4.69, 9.17) is 12.6 Å². The predicted octanol–water partition coefficient (Wildman–Crippen LogP) is 4.38. The zero-order valence-corrected chi connectivity index (χ0v) is 20.3. The number of likely N-dealkylation sites (N-methyl/N-ethyl adjacent to an activating group) is 1. The average Bonchev–Trinajstić information content (AvgIpc) is 2.66. The van der Waals surface area contributed by atoms with E-state index in [-0.39, 0.29) is 47.7 Å². The van der Waals surface area contributed by atoms with E-state index in [0.29, 0.717) is 6.54 Å². The van der Waals surface area contributed by atoms with Gasteiger partial charge in [0, 0.05) is 23.9 Å². The van der Waals surface area contributed by atoms with Gasteiger partial charge in [-0.05, 0) is 50.9 Å². The molecule has 1 aromatic carbocycles. The number of thiol groups is 1. The molecule has 0 spiro atoms. The lowest BCUT2D eigenvalue weighted by Gasteiger charge is -2.53. The van der Waals surface area contributed by atoms with Gasteiger partial charge in [0.2, 0.25) is 0 Å². The van der Waals surface area contributed by atoms with Crippen molar-refractivity contribution >= 4 is 43.4 Å². The number of hydrogen-bond donors (Lipinski definition) is 3. The molecule has 1 saturated heterocycles. The normalized spacial score (nSPS) is 22.8. The summed E-state index contributed by atoms with van der Waals surface area (Å²) in [5.74, 6) is 0.126. The van der Waals surface area contributed by atoms with Crippen LogP contribution < -0.4 is 10.6 Å². The molecule has 3 unspecified atom stereocenters. The zero-order chi connectivity index (χ0) is 19.3. The van der Waals surface area contributed by atoms with Crippen LogP contribution in [0, 0.1) is 13.8 Å². The second-order valence-electron chi connectivity index (χ2n) is 7.42. The number of halogens is 2. The third kappa shape index (κ3) is 5.57. The molecule has 3 atom stereocenters. The molecular formula is C21H37Cl2N3OS.